The molecule has 2 heterocycles. The van der Waals surface area contributed by atoms with Gasteiger partial charge in [0, 0.05) is 44.0 Å². The van der Waals surface area contributed by atoms with Gasteiger partial charge in [0.05, 0.1) is 5.52 Å². The van der Waals surface area contributed by atoms with Crippen molar-refractivity contribution in [1.29, 1.82) is 0 Å². The lowest BCUT2D eigenvalue weighted by Gasteiger charge is -2.29. The van der Waals surface area contributed by atoms with E-state index in [-0.39, 0.29) is 7.43 Å². The van der Waals surface area contributed by atoms with Crippen LogP contribution >= 0.6 is 0 Å². The third-order valence-corrected chi connectivity index (χ3v) is 5.60. The molecule has 0 saturated heterocycles. The smallest absolute Gasteiger partial charge is 0.225 e. The molecule has 29 heavy (non-hydrogen) atoms. The molecule has 0 amide bonds. The number of nitrogens with zero attached hydrogens (tertiary/aromatic N) is 3. The van der Waals surface area contributed by atoms with Crippen molar-refractivity contribution in [3.8, 4) is 0 Å². The second kappa shape index (κ2) is 9.74. The van der Waals surface area contributed by atoms with Crippen LogP contribution in [0.1, 0.15) is 38.8 Å². The highest BCUT2D eigenvalue weighted by molar-refractivity contribution is 5.90. The highest BCUT2D eigenvalue weighted by Crippen LogP contribution is 2.28. The Labute approximate surface area is 174 Å². The minimum atomic E-state index is 0. The summed E-state index contributed by atoms with van der Waals surface area (Å²) in [6.07, 6.45) is 6.79. The van der Waals surface area contributed by atoms with Crippen LogP contribution < -0.4 is 15.5 Å². The molecule has 1 aromatic carbocycles. The summed E-state index contributed by atoms with van der Waals surface area (Å²) in [7, 11) is 4.06. The van der Waals surface area contributed by atoms with Crippen molar-refractivity contribution in [1.82, 2.24) is 20.3 Å². The van der Waals surface area contributed by atoms with Gasteiger partial charge in [-0.05, 0) is 62.4 Å². The molecule has 1 fully saturated rings. The molecule has 3 aromatic rings. The van der Waals surface area contributed by atoms with E-state index >= 15 is 0 Å². The fourth-order valence-corrected chi connectivity index (χ4v) is 4.05. The Morgan fingerprint density at radius 3 is 2.55 bits per heavy atom. The molecule has 1 saturated carbocycles. The Balaban J connectivity index is 0.00000240. The fraction of sp³-hybridized carbons (Fsp3) is 0.478. The van der Waals surface area contributed by atoms with Gasteiger partial charge in [0.15, 0.2) is 0 Å². The summed E-state index contributed by atoms with van der Waals surface area (Å²) in [6, 6.07) is 12.8. The van der Waals surface area contributed by atoms with Crippen molar-refractivity contribution < 1.29 is 0 Å². The number of rotatable bonds is 7. The standard InChI is InChI=1S/C22H30N6.CH4/c1-28(2)21-19-7-3-4-8-20(19)26-22(27-21)25-17-11-9-16(10-12-17)14-23-15-18-6-5-13-24-18;/h3-8,13,16-17,23-24H,9-12,14-15H2,1-2H3,(H,25,26,27);1H4. The molecule has 0 bridgehead atoms. The van der Waals surface area contributed by atoms with E-state index in [1.54, 1.807) is 0 Å². The van der Waals surface area contributed by atoms with Gasteiger partial charge in [0.25, 0.3) is 0 Å². The van der Waals surface area contributed by atoms with Crippen molar-refractivity contribution >= 4 is 22.7 Å². The number of nitrogens with one attached hydrogen (secondary N) is 3. The predicted octanol–water partition coefficient (Wildman–Crippen LogP) is 4.42. The molecule has 0 aliphatic heterocycles. The van der Waals surface area contributed by atoms with Gasteiger partial charge in [-0.25, -0.2) is 4.98 Å². The molecule has 6 heteroatoms. The molecule has 0 unspecified atom stereocenters. The maximum absolute atomic E-state index is 4.78. The average Bonchev–Trinajstić information content (AvgIpc) is 3.22. The molecule has 4 rings (SSSR count). The summed E-state index contributed by atoms with van der Waals surface area (Å²) in [5, 5.41) is 8.27. The van der Waals surface area contributed by atoms with Crippen LogP contribution in [0, 0.1) is 5.92 Å². The Morgan fingerprint density at radius 2 is 1.83 bits per heavy atom. The van der Waals surface area contributed by atoms with E-state index < -0.39 is 0 Å². The van der Waals surface area contributed by atoms with E-state index in [1.165, 1.54) is 31.4 Å². The molecular formula is C23H34N6. The number of anilines is 2. The fourth-order valence-electron chi connectivity index (χ4n) is 4.05. The van der Waals surface area contributed by atoms with E-state index in [0.717, 1.165) is 41.7 Å². The van der Waals surface area contributed by atoms with Gasteiger partial charge in [-0.2, -0.15) is 4.98 Å². The van der Waals surface area contributed by atoms with Crippen LogP contribution in [0.5, 0.6) is 0 Å². The minimum Gasteiger partial charge on any atom is -0.364 e. The second-order valence-electron chi connectivity index (χ2n) is 7.97. The van der Waals surface area contributed by atoms with E-state index in [1.807, 2.05) is 38.5 Å². The lowest BCUT2D eigenvalue weighted by atomic mass is 9.86. The van der Waals surface area contributed by atoms with Crippen molar-refractivity contribution in [2.75, 3.05) is 30.9 Å². The third kappa shape index (κ3) is 5.26. The van der Waals surface area contributed by atoms with Crippen molar-refractivity contribution in [2.24, 2.45) is 5.92 Å². The normalized spacial score (nSPS) is 19.0. The Kier molecular flexibility index (Phi) is 7.09. The summed E-state index contributed by atoms with van der Waals surface area (Å²) in [5.74, 6) is 2.47. The number of para-hydroxylation sites is 1. The predicted molar refractivity (Wildman–Crippen MR) is 122 cm³/mol. The van der Waals surface area contributed by atoms with Crippen LogP contribution in [0.4, 0.5) is 11.8 Å². The first-order valence-corrected chi connectivity index (χ1v) is 10.2. The van der Waals surface area contributed by atoms with Crippen molar-refractivity contribution in [2.45, 2.75) is 45.7 Å². The number of aromatic amines is 1. The summed E-state index contributed by atoms with van der Waals surface area (Å²) >= 11 is 0. The maximum atomic E-state index is 4.78. The number of hydrogen-bond acceptors (Lipinski definition) is 5. The Morgan fingerprint density at radius 1 is 1.03 bits per heavy atom. The third-order valence-electron chi connectivity index (χ3n) is 5.60. The zero-order valence-electron chi connectivity index (χ0n) is 16.8. The lowest BCUT2D eigenvalue weighted by molar-refractivity contribution is 0.323. The minimum absolute atomic E-state index is 0. The van der Waals surface area contributed by atoms with E-state index in [4.69, 9.17) is 9.97 Å². The Bertz CT molecular complexity index is 882. The highest BCUT2D eigenvalue weighted by Gasteiger charge is 2.22. The molecule has 2 aromatic heterocycles. The molecule has 0 spiro atoms. The molecule has 6 nitrogen and oxygen atoms in total. The van der Waals surface area contributed by atoms with Gasteiger partial charge >= 0.3 is 0 Å². The molecule has 0 atom stereocenters. The quantitative estimate of drug-likeness (QED) is 0.553. The maximum Gasteiger partial charge on any atom is 0.225 e. The monoisotopic (exact) mass is 394 g/mol. The topological polar surface area (TPSA) is 68.9 Å². The van der Waals surface area contributed by atoms with Gasteiger partial charge in [-0.15, -0.1) is 0 Å². The first kappa shape index (κ1) is 21.1. The van der Waals surface area contributed by atoms with Gasteiger partial charge in [-0.1, -0.05) is 19.6 Å². The van der Waals surface area contributed by atoms with E-state index in [0.29, 0.717) is 6.04 Å². The first-order valence-electron chi connectivity index (χ1n) is 10.2. The van der Waals surface area contributed by atoms with Crippen LogP contribution in [0.3, 0.4) is 0 Å². The molecule has 156 valence electrons. The van der Waals surface area contributed by atoms with Crippen LogP contribution in [-0.2, 0) is 6.54 Å². The number of hydrogen-bond donors (Lipinski definition) is 3. The summed E-state index contributed by atoms with van der Waals surface area (Å²) < 4.78 is 0. The van der Waals surface area contributed by atoms with Crippen LogP contribution in [0.15, 0.2) is 42.6 Å². The average molecular weight is 395 g/mol. The number of H-pyrrole nitrogens is 1. The van der Waals surface area contributed by atoms with Gasteiger partial charge in [0.2, 0.25) is 5.95 Å². The van der Waals surface area contributed by atoms with Gasteiger partial charge in [0.1, 0.15) is 5.82 Å². The molecule has 1 aliphatic carbocycles. The molecule has 3 N–H and O–H groups in total. The van der Waals surface area contributed by atoms with E-state index in [2.05, 4.69) is 38.7 Å². The molecule has 0 radical (unpaired) electrons. The summed E-state index contributed by atoms with van der Waals surface area (Å²) in [5.41, 5.74) is 2.24. The van der Waals surface area contributed by atoms with Gasteiger partial charge in [-0.3, -0.25) is 0 Å². The lowest BCUT2D eigenvalue weighted by Crippen LogP contribution is -2.31. The van der Waals surface area contributed by atoms with Gasteiger partial charge < -0.3 is 20.5 Å². The highest BCUT2D eigenvalue weighted by atomic mass is 15.2. The van der Waals surface area contributed by atoms with Crippen LogP contribution in [-0.4, -0.2) is 41.6 Å². The number of fused-ring (bicyclic) bond motifs is 1. The second-order valence-corrected chi connectivity index (χ2v) is 7.97. The SMILES string of the molecule is C.CN(C)c1nc(NC2CCC(CNCc3ccc[nH]3)CC2)nc2ccccc12. The van der Waals surface area contributed by atoms with Crippen LogP contribution in [0.25, 0.3) is 10.9 Å². The zero-order chi connectivity index (χ0) is 19.3. The Hall–Kier alpha value is -2.60. The largest absolute Gasteiger partial charge is 0.364 e. The summed E-state index contributed by atoms with van der Waals surface area (Å²) in [6.45, 7) is 2.01. The van der Waals surface area contributed by atoms with Crippen LogP contribution in [0.2, 0.25) is 0 Å². The number of benzene rings is 1. The zero-order valence-corrected chi connectivity index (χ0v) is 16.8. The van der Waals surface area contributed by atoms with Crippen molar-refractivity contribution in [3.63, 3.8) is 0 Å². The first-order chi connectivity index (χ1) is 13.7. The van der Waals surface area contributed by atoms with E-state index in [9.17, 15) is 0 Å². The summed E-state index contributed by atoms with van der Waals surface area (Å²) in [4.78, 5) is 14.8. The molecular weight excluding hydrogens is 360 g/mol. The van der Waals surface area contributed by atoms with Crippen molar-refractivity contribution in [3.05, 3.63) is 48.3 Å². The number of aromatic nitrogens is 3. The molecule has 1 aliphatic rings.